The Hall–Kier alpha value is -0.890. The first-order valence-corrected chi connectivity index (χ1v) is 6.03. The highest BCUT2D eigenvalue weighted by Crippen LogP contribution is 2.41. The first-order valence-electron chi connectivity index (χ1n) is 6.03. The lowest BCUT2D eigenvalue weighted by molar-refractivity contribution is -0.0471. The Morgan fingerprint density at radius 1 is 1.38 bits per heavy atom. The van der Waals surface area contributed by atoms with Crippen molar-refractivity contribution in [1.29, 1.82) is 0 Å². The van der Waals surface area contributed by atoms with E-state index >= 15 is 0 Å². The van der Waals surface area contributed by atoms with Gasteiger partial charge in [-0.2, -0.15) is 0 Å². The molecule has 1 N–H and O–H groups in total. The van der Waals surface area contributed by atoms with Crippen LogP contribution < -0.4 is 0 Å². The first-order chi connectivity index (χ1) is 7.54. The average molecular weight is 222 g/mol. The molecule has 0 saturated heterocycles. The van der Waals surface area contributed by atoms with Crippen LogP contribution in [0.3, 0.4) is 0 Å². The Morgan fingerprint density at radius 2 is 2.12 bits per heavy atom. The molecule has 2 heteroatoms. The number of aliphatic hydroxyl groups is 1. The van der Waals surface area contributed by atoms with Crippen molar-refractivity contribution < 1.29 is 9.50 Å². The van der Waals surface area contributed by atoms with E-state index in [4.69, 9.17) is 0 Å². The number of aryl methyl sites for hydroxylation is 1. The van der Waals surface area contributed by atoms with Crippen molar-refractivity contribution in [3.63, 3.8) is 0 Å². The van der Waals surface area contributed by atoms with Crippen LogP contribution in [0.5, 0.6) is 0 Å². The number of benzene rings is 1. The molecule has 0 aromatic heterocycles. The van der Waals surface area contributed by atoms with E-state index in [0.717, 1.165) is 31.2 Å². The molecule has 16 heavy (non-hydrogen) atoms. The lowest BCUT2D eigenvalue weighted by Crippen LogP contribution is -2.36. The van der Waals surface area contributed by atoms with E-state index in [1.54, 1.807) is 13.0 Å². The minimum Gasteiger partial charge on any atom is -0.385 e. The van der Waals surface area contributed by atoms with Crippen molar-refractivity contribution in [2.75, 3.05) is 0 Å². The van der Waals surface area contributed by atoms with E-state index in [1.165, 1.54) is 6.07 Å². The summed E-state index contributed by atoms with van der Waals surface area (Å²) in [6.07, 6.45) is 3.96. The second-order valence-corrected chi connectivity index (χ2v) is 5.04. The Labute approximate surface area is 96.3 Å². The zero-order valence-electron chi connectivity index (χ0n) is 9.96. The third-order valence-corrected chi connectivity index (χ3v) is 3.93. The van der Waals surface area contributed by atoms with E-state index in [9.17, 15) is 9.50 Å². The number of rotatable bonds is 1. The molecule has 1 saturated carbocycles. The van der Waals surface area contributed by atoms with Gasteiger partial charge in [0.25, 0.3) is 0 Å². The van der Waals surface area contributed by atoms with Gasteiger partial charge in [0.2, 0.25) is 0 Å². The molecule has 2 unspecified atom stereocenters. The molecule has 2 atom stereocenters. The summed E-state index contributed by atoms with van der Waals surface area (Å²) in [5, 5.41) is 10.7. The largest absolute Gasteiger partial charge is 0.385 e. The van der Waals surface area contributed by atoms with E-state index in [2.05, 4.69) is 6.92 Å². The minimum atomic E-state index is -0.827. The minimum absolute atomic E-state index is 0.211. The fourth-order valence-corrected chi connectivity index (χ4v) is 2.62. The summed E-state index contributed by atoms with van der Waals surface area (Å²) in [5.74, 6) is -0.00736. The van der Waals surface area contributed by atoms with Crippen molar-refractivity contribution in [2.45, 2.75) is 45.1 Å². The molecule has 1 aliphatic carbocycles. The molecule has 0 radical (unpaired) electrons. The average Bonchev–Trinajstić information content (AvgIpc) is 2.26. The van der Waals surface area contributed by atoms with E-state index in [1.807, 2.05) is 6.07 Å². The monoisotopic (exact) mass is 222 g/mol. The SMILES string of the molecule is Cc1ccc(C2(O)CCCCC2C)cc1F. The molecular formula is C14H19FO. The Bertz CT molecular complexity index is 388. The molecule has 0 aliphatic heterocycles. The van der Waals surface area contributed by atoms with Crippen LogP contribution in [0, 0.1) is 18.7 Å². The third-order valence-electron chi connectivity index (χ3n) is 3.93. The molecule has 1 aromatic carbocycles. The normalized spacial score (nSPS) is 30.4. The van der Waals surface area contributed by atoms with Gasteiger partial charge in [0.05, 0.1) is 5.60 Å². The van der Waals surface area contributed by atoms with Gasteiger partial charge >= 0.3 is 0 Å². The van der Waals surface area contributed by atoms with Crippen LogP contribution in [0.15, 0.2) is 18.2 Å². The van der Waals surface area contributed by atoms with Crippen LogP contribution in [-0.2, 0) is 5.60 Å². The van der Waals surface area contributed by atoms with Crippen molar-refractivity contribution in [1.82, 2.24) is 0 Å². The smallest absolute Gasteiger partial charge is 0.126 e. The Balaban J connectivity index is 2.37. The molecule has 1 nitrogen and oxygen atoms in total. The van der Waals surface area contributed by atoms with Crippen molar-refractivity contribution in [3.8, 4) is 0 Å². The van der Waals surface area contributed by atoms with Gasteiger partial charge in [-0.25, -0.2) is 4.39 Å². The Morgan fingerprint density at radius 3 is 2.75 bits per heavy atom. The van der Waals surface area contributed by atoms with Gasteiger partial charge in [-0.05, 0) is 42.9 Å². The summed E-state index contributed by atoms with van der Waals surface area (Å²) < 4.78 is 13.5. The van der Waals surface area contributed by atoms with Gasteiger partial charge in [0.15, 0.2) is 0 Å². The van der Waals surface area contributed by atoms with Crippen LogP contribution in [0.25, 0.3) is 0 Å². The molecule has 88 valence electrons. The highest BCUT2D eigenvalue weighted by molar-refractivity contribution is 5.29. The maximum absolute atomic E-state index is 13.5. The van der Waals surface area contributed by atoms with Crippen LogP contribution in [-0.4, -0.2) is 5.11 Å². The summed E-state index contributed by atoms with van der Waals surface area (Å²) in [6.45, 7) is 3.80. The van der Waals surface area contributed by atoms with Gasteiger partial charge in [-0.3, -0.25) is 0 Å². The standard InChI is InChI=1S/C14H19FO/c1-10-6-7-12(9-13(10)15)14(16)8-4-3-5-11(14)2/h6-7,9,11,16H,3-5,8H2,1-2H3. The van der Waals surface area contributed by atoms with Gasteiger partial charge in [0, 0.05) is 0 Å². The zero-order valence-corrected chi connectivity index (χ0v) is 9.96. The van der Waals surface area contributed by atoms with Gasteiger partial charge in [-0.1, -0.05) is 31.9 Å². The second-order valence-electron chi connectivity index (χ2n) is 5.04. The van der Waals surface area contributed by atoms with Gasteiger partial charge in [0.1, 0.15) is 5.82 Å². The third kappa shape index (κ3) is 1.86. The predicted octanol–water partition coefficient (Wildman–Crippen LogP) is 3.53. The Kier molecular flexibility index (Phi) is 3.02. The molecule has 0 amide bonds. The van der Waals surface area contributed by atoms with Gasteiger partial charge in [-0.15, -0.1) is 0 Å². The van der Waals surface area contributed by atoms with E-state index in [0.29, 0.717) is 5.56 Å². The second kappa shape index (κ2) is 4.17. The molecule has 1 aliphatic rings. The summed E-state index contributed by atoms with van der Waals surface area (Å²) in [7, 11) is 0. The first kappa shape index (κ1) is 11.6. The van der Waals surface area contributed by atoms with Crippen molar-refractivity contribution in [2.24, 2.45) is 5.92 Å². The predicted molar refractivity (Wildman–Crippen MR) is 62.7 cm³/mol. The molecule has 0 bridgehead atoms. The quantitative estimate of drug-likeness (QED) is 0.770. The summed E-state index contributed by atoms with van der Waals surface area (Å²) in [6, 6.07) is 5.11. The van der Waals surface area contributed by atoms with Crippen molar-refractivity contribution >= 4 is 0 Å². The fraction of sp³-hybridized carbons (Fsp3) is 0.571. The van der Waals surface area contributed by atoms with Gasteiger partial charge < -0.3 is 5.11 Å². The maximum atomic E-state index is 13.5. The molecule has 2 rings (SSSR count). The number of halogens is 1. The maximum Gasteiger partial charge on any atom is 0.126 e. The fourth-order valence-electron chi connectivity index (χ4n) is 2.62. The lowest BCUT2D eigenvalue weighted by atomic mass is 9.72. The van der Waals surface area contributed by atoms with Crippen LogP contribution in [0.1, 0.15) is 43.7 Å². The highest BCUT2D eigenvalue weighted by Gasteiger charge is 2.37. The van der Waals surface area contributed by atoms with E-state index in [-0.39, 0.29) is 11.7 Å². The summed E-state index contributed by atoms with van der Waals surface area (Å²) in [4.78, 5) is 0. The zero-order chi connectivity index (χ0) is 11.8. The molecule has 1 fully saturated rings. The van der Waals surface area contributed by atoms with Crippen molar-refractivity contribution in [3.05, 3.63) is 35.1 Å². The molecule has 0 spiro atoms. The summed E-state index contributed by atoms with van der Waals surface area (Å²) >= 11 is 0. The van der Waals surface area contributed by atoms with Crippen LogP contribution in [0.2, 0.25) is 0 Å². The van der Waals surface area contributed by atoms with Crippen LogP contribution in [0.4, 0.5) is 4.39 Å². The topological polar surface area (TPSA) is 20.2 Å². The highest BCUT2D eigenvalue weighted by atomic mass is 19.1. The number of hydrogen-bond donors (Lipinski definition) is 1. The molecule has 0 heterocycles. The lowest BCUT2D eigenvalue weighted by Gasteiger charge is -2.38. The van der Waals surface area contributed by atoms with E-state index < -0.39 is 5.60 Å². The molecule has 1 aromatic rings. The summed E-state index contributed by atoms with van der Waals surface area (Å²) in [5.41, 5.74) is 0.547. The van der Waals surface area contributed by atoms with Crippen LogP contribution >= 0.6 is 0 Å². The molecular weight excluding hydrogens is 203 g/mol. The number of hydrogen-bond acceptors (Lipinski definition) is 1.